The molecule has 2 heterocycles. The molecule has 1 amide bonds. The molecular weight excluding hydrogens is 320 g/mol. The molecule has 1 aromatic carbocycles. The van der Waals surface area contributed by atoms with Gasteiger partial charge >= 0.3 is 0 Å². The van der Waals surface area contributed by atoms with Gasteiger partial charge in [-0.15, -0.1) is 0 Å². The van der Waals surface area contributed by atoms with Crippen LogP contribution in [-0.4, -0.2) is 61.4 Å². The molecule has 6 heteroatoms. The molecule has 25 heavy (non-hydrogen) atoms. The second-order valence-electron chi connectivity index (χ2n) is 6.86. The minimum Gasteiger partial charge on any atom is -0.494 e. The SMILES string of the molecule is COCC1CN(C(=O)c2c(OC)cnc3ccccc23)CC(C)(C)O1. The van der Waals surface area contributed by atoms with E-state index in [4.69, 9.17) is 14.2 Å². The Morgan fingerprint density at radius 2 is 2.12 bits per heavy atom. The Morgan fingerprint density at radius 3 is 2.84 bits per heavy atom. The average Bonchev–Trinajstić information content (AvgIpc) is 2.59. The summed E-state index contributed by atoms with van der Waals surface area (Å²) >= 11 is 0. The number of pyridine rings is 1. The van der Waals surface area contributed by atoms with Crippen LogP contribution >= 0.6 is 0 Å². The maximum Gasteiger partial charge on any atom is 0.258 e. The molecule has 0 N–H and O–H groups in total. The number of para-hydroxylation sites is 1. The van der Waals surface area contributed by atoms with Gasteiger partial charge in [-0.3, -0.25) is 9.78 Å². The van der Waals surface area contributed by atoms with Crippen molar-refractivity contribution in [2.75, 3.05) is 33.9 Å². The maximum absolute atomic E-state index is 13.4. The predicted molar refractivity (Wildman–Crippen MR) is 95.0 cm³/mol. The summed E-state index contributed by atoms with van der Waals surface area (Å²) in [6.45, 7) is 5.40. The van der Waals surface area contributed by atoms with Gasteiger partial charge in [-0.1, -0.05) is 18.2 Å². The topological polar surface area (TPSA) is 60.9 Å². The Balaban J connectivity index is 2.01. The van der Waals surface area contributed by atoms with E-state index in [1.165, 1.54) is 0 Å². The van der Waals surface area contributed by atoms with Gasteiger partial charge in [0.25, 0.3) is 5.91 Å². The van der Waals surface area contributed by atoms with Crippen molar-refractivity contribution in [1.29, 1.82) is 0 Å². The minimum absolute atomic E-state index is 0.0760. The number of aromatic nitrogens is 1. The van der Waals surface area contributed by atoms with Crippen molar-refractivity contribution in [2.45, 2.75) is 25.6 Å². The molecule has 1 atom stereocenters. The first-order valence-electron chi connectivity index (χ1n) is 8.33. The van der Waals surface area contributed by atoms with Gasteiger partial charge in [0.2, 0.25) is 0 Å². The number of carbonyl (C=O) groups is 1. The smallest absolute Gasteiger partial charge is 0.258 e. The highest BCUT2D eigenvalue weighted by atomic mass is 16.5. The van der Waals surface area contributed by atoms with E-state index >= 15 is 0 Å². The zero-order valence-corrected chi connectivity index (χ0v) is 15.1. The van der Waals surface area contributed by atoms with Gasteiger partial charge in [0.1, 0.15) is 0 Å². The quantitative estimate of drug-likeness (QED) is 0.853. The van der Waals surface area contributed by atoms with E-state index in [1.807, 2.05) is 43.0 Å². The summed E-state index contributed by atoms with van der Waals surface area (Å²) in [6, 6.07) is 7.60. The van der Waals surface area contributed by atoms with Crippen LogP contribution in [0.1, 0.15) is 24.2 Å². The molecule has 2 aromatic rings. The fourth-order valence-electron chi connectivity index (χ4n) is 3.38. The molecular formula is C19H24N2O4. The normalized spacial score (nSPS) is 19.8. The minimum atomic E-state index is -0.437. The van der Waals surface area contributed by atoms with E-state index in [0.29, 0.717) is 31.0 Å². The highest BCUT2D eigenvalue weighted by molar-refractivity contribution is 6.08. The molecule has 1 aliphatic rings. The summed E-state index contributed by atoms with van der Waals surface area (Å²) in [5.74, 6) is 0.407. The third-order valence-electron chi connectivity index (χ3n) is 4.30. The van der Waals surface area contributed by atoms with E-state index in [0.717, 1.165) is 10.9 Å². The summed E-state index contributed by atoms with van der Waals surface area (Å²) in [7, 11) is 3.19. The molecule has 1 aliphatic heterocycles. The molecule has 1 saturated heterocycles. The van der Waals surface area contributed by atoms with Gasteiger partial charge in [0, 0.05) is 25.6 Å². The van der Waals surface area contributed by atoms with Crippen LogP contribution in [0.3, 0.4) is 0 Å². The van der Waals surface area contributed by atoms with Crippen LogP contribution in [0.4, 0.5) is 0 Å². The predicted octanol–water partition coefficient (Wildman–Crippen LogP) is 2.51. The molecule has 0 spiro atoms. The number of rotatable bonds is 4. The Kier molecular flexibility index (Phi) is 4.92. The first-order chi connectivity index (χ1) is 11.9. The molecule has 0 bridgehead atoms. The summed E-state index contributed by atoms with van der Waals surface area (Å²) < 4.78 is 16.7. The van der Waals surface area contributed by atoms with Crippen LogP contribution < -0.4 is 4.74 Å². The number of nitrogens with zero attached hydrogens (tertiary/aromatic N) is 2. The van der Waals surface area contributed by atoms with Gasteiger partial charge in [-0.25, -0.2) is 0 Å². The zero-order valence-electron chi connectivity index (χ0n) is 15.1. The molecule has 0 saturated carbocycles. The number of hydrogen-bond acceptors (Lipinski definition) is 5. The largest absolute Gasteiger partial charge is 0.494 e. The first kappa shape index (κ1) is 17.6. The van der Waals surface area contributed by atoms with Crippen LogP contribution in [0.5, 0.6) is 5.75 Å². The average molecular weight is 344 g/mol. The first-order valence-corrected chi connectivity index (χ1v) is 8.33. The number of benzene rings is 1. The molecule has 1 fully saturated rings. The molecule has 1 aromatic heterocycles. The van der Waals surface area contributed by atoms with Crippen LogP contribution in [0.25, 0.3) is 10.9 Å². The van der Waals surface area contributed by atoms with Crippen LogP contribution in [0.2, 0.25) is 0 Å². The second kappa shape index (κ2) is 6.98. The third kappa shape index (κ3) is 3.60. The molecule has 6 nitrogen and oxygen atoms in total. The van der Waals surface area contributed by atoms with Crippen molar-refractivity contribution in [1.82, 2.24) is 9.88 Å². The highest BCUT2D eigenvalue weighted by Crippen LogP contribution is 2.30. The van der Waals surface area contributed by atoms with Gasteiger partial charge in [0.15, 0.2) is 5.75 Å². The van der Waals surface area contributed by atoms with E-state index in [1.54, 1.807) is 20.4 Å². The van der Waals surface area contributed by atoms with E-state index in [9.17, 15) is 4.79 Å². The van der Waals surface area contributed by atoms with Crippen molar-refractivity contribution >= 4 is 16.8 Å². The Morgan fingerprint density at radius 1 is 1.36 bits per heavy atom. The maximum atomic E-state index is 13.4. The van der Waals surface area contributed by atoms with Crippen molar-refractivity contribution in [3.8, 4) is 5.75 Å². The monoisotopic (exact) mass is 344 g/mol. The standard InChI is InChI=1S/C19H24N2O4/c1-19(2)12-21(10-13(25-19)11-23-3)18(22)17-14-7-5-6-8-15(14)20-9-16(17)24-4/h5-9,13H,10-12H2,1-4H3. The third-order valence-corrected chi connectivity index (χ3v) is 4.30. The lowest BCUT2D eigenvalue weighted by Crippen LogP contribution is -2.55. The second-order valence-corrected chi connectivity index (χ2v) is 6.86. The van der Waals surface area contributed by atoms with Gasteiger partial charge in [-0.05, 0) is 19.9 Å². The molecule has 0 aliphatic carbocycles. The summed E-state index contributed by atoms with van der Waals surface area (Å²) in [4.78, 5) is 19.5. The highest BCUT2D eigenvalue weighted by Gasteiger charge is 2.37. The zero-order chi connectivity index (χ0) is 18.0. The summed E-state index contributed by atoms with van der Waals surface area (Å²) in [5, 5.41) is 0.791. The number of fused-ring (bicyclic) bond motifs is 1. The van der Waals surface area contributed by atoms with Crippen LogP contribution in [0.15, 0.2) is 30.5 Å². The summed E-state index contributed by atoms with van der Waals surface area (Å²) in [6.07, 6.45) is 1.45. The van der Waals surface area contributed by atoms with Crippen LogP contribution in [0, 0.1) is 0 Å². The van der Waals surface area contributed by atoms with Crippen molar-refractivity contribution < 1.29 is 19.0 Å². The fraction of sp³-hybridized carbons (Fsp3) is 0.474. The Hall–Kier alpha value is -2.18. The van der Waals surface area contributed by atoms with Crippen molar-refractivity contribution in [3.05, 3.63) is 36.0 Å². The van der Waals surface area contributed by atoms with Crippen molar-refractivity contribution in [3.63, 3.8) is 0 Å². The number of methoxy groups -OCH3 is 2. The van der Waals surface area contributed by atoms with Crippen molar-refractivity contribution in [2.24, 2.45) is 0 Å². The molecule has 134 valence electrons. The number of carbonyl (C=O) groups excluding carboxylic acids is 1. The number of hydrogen-bond donors (Lipinski definition) is 0. The Bertz CT molecular complexity index is 775. The lowest BCUT2D eigenvalue weighted by atomic mass is 10.0. The lowest BCUT2D eigenvalue weighted by molar-refractivity contribution is -0.143. The Labute approximate surface area is 147 Å². The number of morpholine rings is 1. The number of ether oxygens (including phenoxy) is 3. The number of amides is 1. The van der Waals surface area contributed by atoms with E-state index < -0.39 is 5.60 Å². The summed E-state index contributed by atoms with van der Waals surface area (Å²) in [5.41, 5.74) is 0.877. The van der Waals surface area contributed by atoms with Gasteiger partial charge in [-0.2, -0.15) is 0 Å². The van der Waals surface area contributed by atoms with Crippen LogP contribution in [-0.2, 0) is 9.47 Å². The van der Waals surface area contributed by atoms with Gasteiger partial charge < -0.3 is 19.1 Å². The van der Waals surface area contributed by atoms with Gasteiger partial charge in [0.05, 0.1) is 42.7 Å². The fourth-order valence-corrected chi connectivity index (χ4v) is 3.38. The molecule has 0 radical (unpaired) electrons. The van der Waals surface area contributed by atoms with E-state index in [-0.39, 0.29) is 12.0 Å². The van der Waals surface area contributed by atoms with E-state index in [2.05, 4.69) is 4.98 Å². The lowest BCUT2D eigenvalue weighted by Gasteiger charge is -2.42. The molecule has 3 rings (SSSR count). The molecule has 1 unspecified atom stereocenters.